The van der Waals surface area contributed by atoms with Gasteiger partial charge in [-0.3, -0.25) is 5.32 Å². The van der Waals surface area contributed by atoms with E-state index in [9.17, 15) is 14.0 Å². The van der Waals surface area contributed by atoms with Crippen molar-refractivity contribution in [2.75, 3.05) is 5.32 Å². The van der Waals surface area contributed by atoms with Gasteiger partial charge in [0.2, 0.25) is 0 Å². The molecule has 0 unspecified atom stereocenters. The first-order valence-corrected chi connectivity index (χ1v) is 10.6. The molecule has 0 aliphatic heterocycles. The molecular formula is C24H23F2N5O3. The number of benzene rings is 2. The van der Waals surface area contributed by atoms with Crippen LogP contribution >= 0.6 is 0 Å². The molecule has 8 nitrogen and oxygen atoms in total. The second-order valence-electron chi connectivity index (χ2n) is 8.30. The SMILES string of the molecule is CC1(OC(=O)Nc2ccc(-c3ccnnc3CNC(N)=O)c(Cc3ccccc3F)c2F)CC1. The molecule has 2 aromatic carbocycles. The number of carbonyl (C=O) groups is 2. The van der Waals surface area contributed by atoms with Crippen LogP contribution in [-0.4, -0.2) is 27.9 Å². The average Bonchev–Trinajstić information content (AvgIpc) is 3.53. The summed E-state index contributed by atoms with van der Waals surface area (Å²) in [7, 11) is 0. The molecule has 10 heteroatoms. The number of primary amides is 1. The summed E-state index contributed by atoms with van der Waals surface area (Å²) in [6.45, 7) is 1.76. The average molecular weight is 467 g/mol. The molecule has 0 radical (unpaired) electrons. The molecule has 1 aliphatic rings. The molecule has 176 valence electrons. The number of anilines is 1. The Morgan fingerprint density at radius 3 is 2.59 bits per heavy atom. The Bertz CT molecular complexity index is 1250. The summed E-state index contributed by atoms with van der Waals surface area (Å²) in [5, 5.41) is 12.7. The maximum absolute atomic E-state index is 15.8. The first-order chi connectivity index (χ1) is 16.3. The largest absolute Gasteiger partial charge is 0.443 e. The molecule has 0 spiro atoms. The number of ether oxygens (including phenoxy) is 1. The maximum atomic E-state index is 15.8. The van der Waals surface area contributed by atoms with Crippen LogP contribution in [0, 0.1) is 11.6 Å². The van der Waals surface area contributed by atoms with Crippen LogP contribution in [0.25, 0.3) is 11.1 Å². The van der Waals surface area contributed by atoms with E-state index in [0.717, 1.165) is 12.8 Å². The lowest BCUT2D eigenvalue weighted by atomic mass is 9.93. The van der Waals surface area contributed by atoms with Crippen molar-refractivity contribution in [2.24, 2.45) is 5.73 Å². The summed E-state index contributed by atoms with van der Waals surface area (Å²) in [5.41, 5.74) is 6.18. The van der Waals surface area contributed by atoms with E-state index in [1.165, 1.54) is 18.3 Å². The minimum absolute atomic E-state index is 0.0375. The molecule has 4 rings (SSSR count). The zero-order valence-corrected chi connectivity index (χ0v) is 18.4. The van der Waals surface area contributed by atoms with Crippen molar-refractivity contribution in [3.8, 4) is 11.1 Å². The maximum Gasteiger partial charge on any atom is 0.412 e. The normalized spacial score (nSPS) is 13.7. The molecular weight excluding hydrogens is 444 g/mol. The van der Waals surface area contributed by atoms with Gasteiger partial charge in [0.05, 0.1) is 24.1 Å². The van der Waals surface area contributed by atoms with Gasteiger partial charge >= 0.3 is 12.1 Å². The number of nitrogens with zero attached hydrogens (tertiary/aromatic N) is 2. The zero-order chi connectivity index (χ0) is 24.3. The lowest BCUT2D eigenvalue weighted by Crippen LogP contribution is -2.29. The van der Waals surface area contributed by atoms with Crippen molar-refractivity contribution in [1.82, 2.24) is 15.5 Å². The van der Waals surface area contributed by atoms with Crippen molar-refractivity contribution in [3.63, 3.8) is 0 Å². The van der Waals surface area contributed by atoms with Gasteiger partial charge in [-0.1, -0.05) is 24.3 Å². The van der Waals surface area contributed by atoms with Crippen molar-refractivity contribution in [3.05, 3.63) is 77.1 Å². The standard InChI is InChI=1S/C24H23F2N5O3/c1-24(9-10-24)34-23(33)30-19-7-6-15(16-8-11-29-31-20(16)13-28-22(27)32)17(21(19)26)12-14-4-2-3-5-18(14)25/h2-8,11H,9-10,12-13H2,1H3,(H,30,33)(H3,27,28,32). The third kappa shape index (κ3) is 5.28. The second-order valence-corrected chi connectivity index (χ2v) is 8.30. The number of hydrogen-bond donors (Lipinski definition) is 3. The van der Waals surface area contributed by atoms with E-state index in [-0.39, 0.29) is 29.8 Å². The molecule has 4 N–H and O–H groups in total. The number of hydrogen-bond acceptors (Lipinski definition) is 5. The summed E-state index contributed by atoms with van der Waals surface area (Å²) in [5.74, 6) is -1.22. The fourth-order valence-corrected chi connectivity index (χ4v) is 3.52. The lowest BCUT2D eigenvalue weighted by Gasteiger charge is -2.18. The molecule has 1 saturated carbocycles. The van der Waals surface area contributed by atoms with E-state index in [0.29, 0.717) is 16.8 Å². The van der Waals surface area contributed by atoms with E-state index in [2.05, 4.69) is 20.8 Å². The highest BCUT2D eigenvalue weighted by molar-refractivity contribution is 5.86. The Kier molecular flexibility index (Phi) is 6.40. The van der Waals surface area contributed by atoms with Crippen LogP contribution in [0.1, 0.15) is 36.6 Å². The van der Waals surface area contributed by atoms with Gasteiger partial charge in [-0.05, 0) is 49.1 Å². The van der Waals surface area contributed by atoms with Gasteiger partial charge in [0, 0.05) is 17.5 Å². The Balaban J connectivity index is 1.75. The fraction of sp³-hybridized carbons (Fsp3) is 0.250. The zero-order valence-electron chi connectivity index (χ0n) is 18.4. The first kappa shape index (κ1) is 23.1. The van der Waals surface area contributed by atoms with E-state index in [1.807, 2.05) is 0 Å². The number of halogens is 2. The van der Waals surface area contributed by atoms with Gasteiger partial charge in [0.1, 0.15) is 11.4 Å². The predicted octanol–water partition coefficient (Wildman–Crippen LogP) is 4.28. The van der Waals surface area contributed by atoms with Crippen molar-refractivity contribution in [1.29, 1.82) is 0 Å². The Labute approximate surface area is 194 Å². The molecule has 34 heavy (non-hydrogen) atoms. The van der Waals surface area contributed by atoms with Crippen LogP contribution in [0.3, 0.4) is 0 Å². The number of carbonyl (C=O) groups excluding carboxylic acids is 2. The van der Waals surface area contributed by atoms with Crippen LogP contribution in [0.15, 0.2) is 48.7 Å². The van der Waals surface area contributed by atoms with Gasteiger partial charge in [-0.2, -0.15) is 10.2 Å². The van der Waals surface area contributed by atoms with Crippen molar-refractivity contribution < 1.29 is 23.1 Å². The molecule has 1 fully saturated rings. The van der Waals surface area contributed by atoms with Crippen LogP contribution < -0.4 is 16.4 Å². The predicted molar refractivity (Wildman–Crippen MR) is 121 cm³/mol. The summed E-state index contributed by atoms with van der Waals surface area (Å²) in [4.78, 5) is 23.5. The number of amides is 3. The molecule has 3 aromatic rings. The summed E-state index contributed by atoms with van der Waals surface area (Å²) >= 11 is 0. The minimum atomic E-state index is -0.764. The number of nitrogens with one attached hydrogen (secondary N) is 2. The Morgan fingerprint density at radius 2 is 1.88 bits per heavy atom. The minimum Gasteiger partial charge on any atom is -0.443 e. The van der Waals surface area contributed by atoms with Gasteiger partial charge in [0.15, 0.2) is 5.82 Å². The lowest BCUT2D eigenvalue weighted by molar-refractivity contribution is 0.107. The van der Waals surface area contributed by atoms with E-state index in [4.69, 9.17) is 10.5 Å². The molecule has 0 saturated heterocycles. The van der Waals surface area contributed by atoms with Crippen LogP contribution in [0.5, 0.6) is 0 Å². The molecule has 1 aliphatic carbocycles. The number of nitrogens with two attached hydrogens (primary N) is 1. The second kappa shape index (κ2) is 9.42. The van der Waals surface area contributed by atoms with Gasteiger partial charge in [-0.25, -0.2) is 18.4 Å². The number of aromatic nitrogens is 2. The smallest absolute Gasteiger partial charge is 0.412 e. The van der Waals surface area contributed by atoms with Crippen LogP contribution in [0.2, 0.25) is 0 Å². The van der Waals surface area contributed by atoms with Gasteiger partial charge in [-0.15, -0.1) is 0 Å². The van der Waals surface area contributed by atoms with E-state index in [1.54, 1.807) is 37.3 Å². The van der Waals surface area contributed by atoms with Crippen LogP contribution in [0.4, 0.5) is 24.1 Å². The Morgan fingerprint density at radius 1 is 1.12 bits per heavy atom. The van der Waals surface area contributed by atoms with Gasteiger partial charge < -0.3 is 15.8 Å². The molecule has 0 atom stereocenters. The Hall–Kier alpha value is -4.08. The third-order valence-corrected chi connectivity index (χ3v) is 5.62. The third-order valence-electron chi connectivity index (χ3n) is 5.62. The van der Waals surface area contributed by atoms with Crippen molar-refractivity contribution in [2.45, 2.75) is 38.3 Å². The highest BCUT2D eigenvalue weighted by Gasteiger charge is 2.41. The molecule has 0 bridgehead atoms. The summed E-state index contributed by atoms with van der Waals surface area (Å²) in [6.07, 6.45) is 2.06. The molecule has 1 heterocycles. The highest BCUT2D eigenvalue weighted by atomic mass is 19.1. The molecule has 3 amide bonds. The quantitative estimate of drug-likeness (QED) is 0.479. The monoisotopic (exact) mass is 467 g/mol. The number of rotatable bonds is 7. The summed E-state index contributed by atoms with van der Waals surface area (Å²) < 4.78 is 35.5. The first-order valence-electron chi connectivity index (χ1n) is 10.6. The fourth-order valence-electron chi connectivity index (χ4n) is 3.52. The van der Waals surface area contributed by atoms with Gasteiger partial charge in [0.25, 0.3) is 0 Å². The van der Waals surface area contributed by atoms with E-state index < -0.39 is 29.4 Å². The summed E-state index contributed by atoms with van der Waals surface area (Å²) in [6, 6.07) is 9.90. The van der Waals surface area contributed by atoms with E-state index >= 15 is 4.39 Å². The van der Waals surface area contributed by atoms with Crippen LogP contribution in [-0.2, 0) is 17.7 Å². The topological polar surface area (TPSA) is 119 Å². The van der Waals surface area contributed by atoms with Crippen molar-refractivity contribution >= 4 is 17.8 Å². The molecule has 1 aromatic heterocycles. The highest BCUT2D eigenvalue weighted by Crippen LogP contribution is 2.39. The number of urea groups is 1.